The van der Waals surface area contributed by atoms with Gasteiger partial charge in [0, 0.05) is 5.56 Å². The van der Waals surface area contributed by atoms with Crippen molar-refractivity contribution in [2.75, 3.05) is 11.9 Å². The Morgan fingerprint density at radius 2 is 1.90 bits per heavy atom. The number of ether oxygens (including phenoxy) is 1. The highest BCUT2D eigenvalue weighted by Gasteiger charge is 2.33. The van der Waals surface area contributed by atoms with Crippen LogP contribution in [-0.4, -0.2) is 30.7 Å². The predicted octanol–water partition coefficient (Wildman–Crippen LogP) is 3.09. The van der Waals surface area contributed by atoms with E-state index in [1.165, 1.54) is 28.9 Å². The zero-order valence-electron chi connectivity index (χ0n) is 15.6. The van der Waals surface area contributed by atoms with Crippen LogP contribution in [0.15, 0.2) is 48.5 Å². The van der Waals surface area contributed by atoms with Gasteiger partial charge < -0.3 is 10.1 Å². The minimum Gasteiger partial charge on any atom is -0.493 e. The van der Waals surface area contributed by atoms with E-state index in [2.05, 4.69) is 10.4 Å². The third-order valence-corrected chi connectivity index (χ3v) is 5.96. The van der Waals surface area contributed by atoms with Crippen LogP contribution >= 0.6 is 0 Å². The Morgan fingerprint density at radius 3 is 2.62 bits per heavy atom. The van der Waals surface area contributed by atoms with Crippen LogP contribution in [-0.2, 0) is 21.3 Å². The molecule has 1 aromatic heterocycles. The van der Waals surface area contributed by atoms with Gasteiger partial charge in [-0.25, -0.2) is 17.5 Å². The number of benzene rings is 2. The summed E-state index contributed by atoms with van der Waals surface area (Å²) in [6.45, 7) is 2.21. The topological polar surface area (TPSA) is 90.3 Å². The molecule has 0 fully saturated rings. The van der Waals surface area contributed by atoms with Gasteiger partial charge in [-0.3, -0.25) is 4.79 Å². The second kappa shape index (κ2) is 7.32. The van der Waals surface area contributed by atoms with Crippen molar-refractivity contribution in [3.05, 3.63) is 71.2 Å². The van der Waals surface area contributed by atoms with Crippen molar-refractivity contribution in [2.45, 2.75) is 18.4 Å². The van der Waals surface area contributed by atoms with Gasteiger partial charge in [0.05, 0.1) is 35.1 Å². The molecule has 0 atom stereocenters. The van der Waals surface area contributed by atoms with Crippen LogP contribution < -0.4 is 10.1 Å². The minimum absolute atomic E-state index is 0.199. The maximum Gasteiger partial charge on any atom is 0.260 e. The largest absolute Gasteiger partial charge is 0.493 e. The molecule has 0 spiro atoms. The lowest BCUT2D eigenvalue weighted by molar-refractivity contribution is 0.102. The molecule has 1 aliphatic rings. The van der Waals surface area contributed by atoms with Gasteiger partial charge in [0.25, 0.3) is 5.91 Å². The number of nitrogens with one attached hydrogen (secondary N) is 1. The Morgan fingerprint density at radius 1 is 1.17 bits per heavy atom. The Kier molecular flexibility index (Phi) is 4.83. The van der Waals surface area contributed by atoms with E-state index in [-0.39, 0.29) is 17.3 Å². The van der Waals surface area contributed by atoms with E-state index in [0.717, 1.165) is 0 Å². The lowest BCUT2D eigenvalue weighted by Crippen LogP contribution is -2.18. The van der Waals surface area contributed by atoms with Crippen molar-refractivity contribution >= 4 is 21.6 Å². The van der Waals surface area contributed by atoms with Crippen molar-refractivity contribution in [2.24, 2.45) is 0 Å². The molecule has 0 aliphatic carbocycles. The van der Waals surface area contributed by atoms with E-state index in [4.69, 9.17) is 4.74 Å². The fourth-order valence-electron chi connectivity index (χ4n) is 3.25. The summed E-state index contributed by atoms with van der Waals surface area (Å²) >= 11 is 0. The molecule has 2 aromatic carbocycles. The summed E-state index contributed by atoms with van der Waals surface area (Å²) in [6, 6.07) is 12.3. The maximum absolute atomic E-state index is 13.3. The van der Waals surface area contributed by atoms with E-state index in [1.54, 1.807) is 24.3 Å². The highest BCUT2D eigenvalue weighted by atomic mass is 32.2. The van der Waals surface area contributed by atoms with E-state index in [1.807, 2.05) is 6.92 Å². The normalized spacial score (nSPS) is 14.4. The predicted molar refractivity (Wildman–Crippen MR) is 105 cm³/mol. The Labute approximate surface area is 167 Å². The maximum atomic E-state index is 13.3. The molecule has 0 unspecified atom stereocenters. The third-order valence-electron chi connectivity index (χ3n) is 4.52. The number of hydrogen-bond donors (Lipinski definition) is 1. The summed E-state index contributed by atoms with van der Waals surface area (Å²) in [6.07, 6.45) is 0. The van der Waals surface area contributed by atoms with Gasteiger partial charge in [0.2, 0.25) is 0 Å². The van der Waals surface area contributed by atoms with Crippen LogP contribution in [0.3, 0.4) is 0 Å². The Hall–Kier alpha value is -3.20. The van der Waals surface area contributed by atoms with Gasteiger partial charge in [0.1, 0.15) is 17.4 Å². The van der Waals surface area contributed by atoms with E-state index < -0.39 is 21.6 Å². The molecule has 29 heavy (non-hydrogen) atoms. The molecule has 150 valence electrons. The molecular formula is C20H18FN3O4S. The Bertz CT molecular complexity index is 1190. The number of carbonyl (C=O) groups excluding carboxylic acids is 1. The minimum atomic E-state index is -3.32. The molecule has 1 aliphatic heterocycles. The van der Waals surface area contributed by atoms with Crippen molar-refractivity contribution in [3.63, 3.8) is 0 Å². The van der Waals surface area contributed by atoms with Gasteiger partial charge in [0.15, 0.2) is 9.84 Å². The Balaban J connectivity index is 1.77. The first-order valence-electron chi connectivity index (χ1n) is 8.98. The van der Waals surface area contributed by atoms with Crippen molar-refractivity contribution in [1.29, 1.82) is 0 Å². The lowest BCUT2D eigenvalue weighted by atomic mass is 10.2. The first-order chi connectivity index (χ1) is 13.9. The quantitative estimate of drug-likeness (QED) is 0.692. The average Bonchev–Trinajstić information content (AvgIpc) is 3.15. The second-order valence-electron chi connectivity index (χ2n) is 6.58. The molecule has 1 N–H and O–H groups in total. The van der Waals surface area contributed by atoms with Crippen molar-refractivity contribution in [3.8, 4) is 11.4 Å². The highest BCUT2D eigenvalue weighted by Crippen LogP contribution is 2.33. The molecular weight excluding hydrogens is 397 g/mol. The second-order valence-corrected chi connectivity index (χ2v) is 8.64. The van der Waals surface area contributed by atoms with Gasteiger partial charge in [-0.2, -0.15) is 5.10 Å². The highest BCUT2D eigenvalue weighted by molar-refractivity contribution is 7.90. The average molecular weight is 415 g/mol. The van der Waals surface area contributed by atoms with Crippen LogP contribution in [0.25, 0.3) is 5.69 Å². The summed E-state index contributed by atoms with van der Waals surface area (Å²) in [5, 5.41) is 7.14. The van der Waals surface area contributed by atoms with Gasteiger partial charge in [-0.05, 0) is 43.3 Å². The molecule has 7 nitrogen and oxygen atoms in total. The zero-order chi connectivity index (χ0) is 20.6. The lowest BCUT2D eigenvalue weighted by Gasteiger charge is -2.13. The number of halogens is 1. The molecule has 4 rings (SSSR count). The SMILES string of the molecule is CCOc1ccccc1C(=O)Nc1c2c(nn1-c1ccc(F)cc1)CS(=O)(=O)C2. The van der Waals surface area contributed by atoms with Crippen molar-refractivity contribution in [1.82, 2.24) is 9.78 Å². The monoisotopic (exact) mass is 415 g/mol. The molecule has 3 aromatic rings. The van der Waals surface area contributed by atoms with E-state index >= 15 is 0 Å². The van der Waals surface area contributed by atoms with Crippen LogP contribution in [0.1, 0.15) is 28.5 Å². The summed E-state index contributed by atoms with van der Waals surface area (Å²) in [5.74, 6) is -0.605. The van der Waals surface area contributed by atoms with E-state index in [9.17, 15) is 17.6 Å². The third kappa shape index (κ3) is 3.73. The van der Waals surface area contributed by atoms with Crippen LogP contribution in [0.5, 0.6) is 5.75 Å². The van der Waals surface area contributed by atoms with Crippen molar-refractivity contribution < 1.29 is 22.3 Å². The number of nitrogens with zero attached hydrogens (tertiary/aromatic N) is 2. The first kappa shape index (κ1) is 19.1. The molecule has 2 heterocycles. The van der Waals surface area contributed by atoms with Gasteiger partial charge in [-0.1, -0.05) is 12.1 Å². The molecule has 0 radical (unpaired) electrons. The van der Waals surface area contributed by atoms with Crippen LogP contribution in [0.4, 0.5) is 10.2 Å². The van der Waals surface area contributed by atoms with Gasteiger partial charge >= 0.3 is 0 Å². The molecule has 0 bridgehead atoms. The number of anilines is 1. The van der Waals surface area contributed by atoms with Crippen LogP contribution in [0, 0.1) is 5.82 Å². The summed E-state index contributed by atoms with van der Waals surface area (Å²) < 4.78 is 44.4. The smallest absolute Gasteiger partial charge is 0.260 e. The number of aromatic nitrogens is 2. The number of fused-ring (bicyclic) bond motifs is 1. The fourth-order valence-corrected chi connectivity index (χ4v) is 4.74. The molecule has 1 amide bonds. The first-order valence-corrected chi connectivity index (χ1v) is 10.8. The fraction of sp³-hybridized carbons (Fsp3) is 0.200. The van der Waals surface area contributed by atoms with Crippen LogP contribution in [0.2, 0.25) is 0 Å². The number of carbonyl (C=O) groups is 1. The number of rotatable bonds is 5. The number of sulfone groups is 1. The summed E-state index contributed by atoms with van der Waals surface area (Å²) in [5.41, 5.74) is 1.64. The number of amides is 1. The standard InChI is InChI=1S/C20H18FN3O4S/c1-2-28-18-6-4-3-5-15(18)20(25)22-19-16-11-29(26,27)12-17(16)23-24(19)14-9-7-13(21)8-10-14/h3-10H,2,11-12H2,1H3,(H,22,25). The molecule has 9 heteroatoms. The zero-order valence-corrected chi connectivity index (χ0v) is 16.4. The number of para-hydroxylation sites is 1. The summed E-state index contributed by atoms with van der Waals surface area (Å²) in [7, 11) is -3.32. The van der Waals surface area contributed by atoms with E-state index in [0.29, 0.717) is 34.9 Å². The van der Waals surface area contributed by atoms with Gasteiger partial charge in [-0.15, -0.1) is 0 Å². The number of hydrogen-bond acceptors (Lipinski definition) is 5. The summed E-state index contributed by atoms with van der Waals surface area (Å²) in [4.78, 5) is 13.0. The molecule has 0 saturated heterocycles. The molecule has 0 saturated carbocycles.